The number of hydrogen-bond acceptors (Lipinski definition) is 3. The summed E-state index contributed by atoms with van der Waals surface area (Å²) in [4.78, 5) is 15.7. The molecule has 0 atom stereocenters. The van der Waals surface area contributed by atoms with E-state index in [-0.39, 0.29) is 16.5 Å². The molecule has 0 saturated carbocycles. The molecular weight excluding hydrogens is 259 g/mol. The number of amides is 1. The Kier molecular flexibility index (Phi) is 3.88. The number of rotatable bonds is 4. The standard InChI is InChI=1S/C11H10ClFN4O/c12-9-5-7(13)1-2-8(9)11(18)14-4-3-10-15-6-16-17-10/h1-2,5-6H,3-4H2,(H,14,18)(H,15,16,17). The number of nitrogens with zero attached hydrogens (tertiary/aromatic N) is 2. The number of nitrogens with one attached hydrogen (secondary N) is 2. The van der Waals surface area contributed by atoms with Crippen LogP contribution in [0.4, 0.5) is 4.39 Å². The molecule has 5 nitrogen and oxygen atoms in total. The van der Waals surface area contributed by atoms with E-state index in [1.807, 2.05) is 0 Å². The Morgan fingerprint density at radius 3 is 3.00 bits per heavy atom. The predicted octanol–water partition coefficient (Wildman–Crippen LogP) is 1.57. The summed E-state index contributed by atoms with van der Waals surface area (Å²) < 4.78 is 12.8. The van der Waals surface area contributed by atoms with Gasteiger partial charge < -0.3 is 5.32 Å². The van der Waals surface area contributed by atoms with Crippen molar-refractivity contribution in [2.24, 2.45) is 0 Å². The first-order chi connectivity index (χ1) is 8.66. The van der Waals surface area contributed by atoms with Gasteiger partial charge in [0.05, 0.1) is 10.6 Å². The van der Waals surface area contributed by atoms with Gasteiger partial charge in [-0.3, -0.25) is 9.89 Å². The van der Waals surface area contributed by atoms with E-state index in [9.17, 15) is 9.18 Å². The molecule has 7 heteroatoms. The van der Waals surface area contributed by atoms with Gasteiger partial charge in [0.25, 0.3) is 5.91 Å². The maximum atomic E-state index is 12.8. The number of carbonyl (C=O) groups excluding carboxylic acids is 1. The molecule has 0 aliphatic carbocycles. The summed E-state index contributed by atoms with van der Waals surface area (Å²) in [5.74, 6) is -0.141. The van der Waals surface area contributed by atoms with Crippen LogP contribution < -0.4 is 5.32 Å². The van der Waals surface area contributed by atoms with Crippen LogP contribution in [0.1, 0.15) is 16.2 Å². The van der Waals surface area contributed by atoms with E-state index in [0.717, 1.165) is 6.07 Å². The Hall–Kier alpha value is -1.95. The van der Waals surface area contributed by atoms with Crippen LogP contribution in [0.25, 0.3) is 0 Å². The van der Waals surface area contributed by atoms with Gasteiger partial charge in [0.1, 0.15) is 18.0 Å². The molecule has 0 spiro atoms. The van der Waals surface area contributed by atoms with Crippen LogP contribution in [0.3, 0.4) is 0 Å². The van der Waals surface area contributed by atoms with Crippen molar-refractivity contribution < 1.29 is 9.18 Å². The minimum Gasteiger partial charge on any atom is -0.352 e. The molecule has 2 rings (SSSR count). The van der Waals surface area contributed by atoms with Crippen LogP contribution in [0.15, 0.2) is 24.5 Å². The third-order valence-electron chi connectivity index (χ3n) is 2.29. The number of carbonyl (C=O) groups is 1. The van der Waals surface area contributed by atoms with Gasteiger partial charge >= 0.3 is 0 Å². The van der Waals surface area contributed by atoms with E-state index in [0.29, 0.717) is 18.8 Å². The molecule has 1 aromatic heterocycles. The molecular formula is C11H10ClFN4O. The number of halogens is 2. The Bertz CT molecular complexity index is 544. The minimum absolute atomic E-state index is 0.0900. The van der Waals surface area contributed by atoms with Crippen LogP contribution in [-0.2, 0) is 6.42 Å². The third-order valence-corrected chi connectivity index (χ3v) is 2.60. The molecule has 0 saturated heterocycles. The summed E-state index contributed by atoms with van der Waals surface area (Å²) >= 11 is 5.77. The zero-order valence-electron chi connectivity index (χ0n) is 9.28. The second kappa shape index (κ2) is 5.59. The first kappa shape index (κ1) is 12.5. The summed E-state index contributed by atoms with van der Waals surface area (Å²) in [5.41, 5.74) is 0.246. The van der Waals surface area contributed by atoms with Gasteiger partial charge in [0.15, 0.2) is 0 Å². The van der Waals surface area contributed by atoms with Crippen molar-refractivity contribution in [1.29, 1.82) is 0 Å². The van der Waals surface area contributed by atoms with Crippen LogP contribution in [0.5, 0.6) is 0 Å². The molecule has 2 aromatic rings. The fourth-order valence-electron chi connectivity index (χ4n) is 1.41. The average Bonchev–Trinajstić information content (AvgIpc) is 2.81. The molecule has 94 valence electrons. The van der Waals surface area contributed by atoms with Gasteiger partial charge in [0, 0.05) is 13.0 Å². The van der Waals surface area contributed by atoms with Crippen LogP contribution in [-0.4, -0.2) is 27.6 Å². The van der Waals surface area contributed by atoms with Crippen molar-refractivity contribution in [2.45, 2.75) is 6.42 Å². The lowest BCUT2D eigenvalue weighted by atomic mass is 10.2. The lowest BCUT2D eigenvalue weighted by molar-refractivity contribution is 0.0954. The highest BCUT2D eigenvalue weighted by Gasteiger charge is 2.10. The highest BCUT2D eigenvalue weighted by atomic mass is 35.5. The molecule has 0 fully saturated rings. The SMILES string of the molecule is O=C(NCCc1ncn[nH]1)c1ccc(F)cc1Cl. The first-order valence-corrected chi connectivity index (χ1v) is 5.62. The van der Waals surface area contributed by atoms with Crippen LogP contribution in [0, 0.1) is 5.82 Å². The number of H-pyrrole nitrogens is 1. The maximum Gasteiger partial charge on any atom is 0.252 e. The van der Waals surface area contributed by atoms with Crippen molar-refractivity contribution in [3.8, 4) is 0 Å². The van der Waals surface area contributed by atoms with Crippen molar-refractivity contribution in [1.82, 2.24) is 20.5 Å². The van der Waals surface area contributed by atoms with Crippen molar-refractivity contribution in [3.63, 3.8) is 0 Å². The van der Waals surface area contributed by atoms with Crippen molar-refractivity contribution in [3.05, 3.63) is 46.8 Å². The second-order valence-electron chi connectivity index (χ2n) is 3.56. The van der Waals surface area contributed by atoms with E-state index in [2.05, 4.69) is 20.5 Å². The monoisotopic (exact) mass is 268 g/mol. The van der Waals surface area contributed by atoms with E-state index < -0.39 is 5.82 Å². The van der Waals surface area contributed by atoms with Gasteiger partial charge in [0.2, 0.25) is 0 Å². The second-order valence-corrected chi connectivity index (χ2v) is 3.97. The Labute approximate surface area is 107 Å². The summed E-state index contributed by atoms with van der Waals surface area (Å²) in [7, 11) is 0. The molecule has 2 N–H and O–H groups in total. The molecule has 1 aromatic carbocycles. The molecule has 1 amide bonds. The van der Waals surface area contributed by atoms with Crippen LogP contribution in [0.2, 0.25) is 5.02 Å². The fourth-order valence-corrected chi connectivity index (χ4v) is 1.67. The largest absolute Gasteiger partial charge is 0.352 e. The van der Waals surface area contributed by atoms with Crippen molar-refractivity contribution in [2.75, 3.05) is 6.54 Å². The molecule has 0 aliphatic heterocycles. The Morgan fingerprint density at radius 1 is 1.50 bits per heavy atom. The topological polar surface area (TPSA) is 70.7 Å². The highest BCUT2D eigenvalue weighted by Crippen LogP contribution is 2.16. The molecule has 0 bridgehead atoms. The average molecular weight is 269 g/mol. The molecule has 0 radical (unpaired) electrons. The number of aromatic nitrogens is 3. The van der Waals surface area contributed by atoms with E-state index in [1.54, 1.807) is 0 Å². The van der Waals surface area contributed by atoms with Gasteiger partial charge in [-0.05, 0) is 18.2 Å². The lowest BCUT2D eigenvalue weighted by Gasteiger charge is -2.05. The van der Waals surface area contributed by atoms with Gasteiger partial charge in [-0.15, -0.1) is 0 Å². The maximum absolute atomic E-state index is 12.8. The number of hydrogen-bond donors (Lipinski definition) is 2. The summed E-state index contributed by atoms with van der Waals surface area (Å²) in [5, 5.41) is 9.13. The molecule has 0 unspecified atom stereocenters. The van der Waals surface area contributed by atoms with Crippen molar-refractivity contribution >= 4 is 17.5 Å². The van der Waals surface area contributed by atoms with Gasteiger partial charge in [-0.1, -0.05) is 11.6 Å². The smallest absolute Gasteiger partial charge is 0.252 e. The van der Waals surface area contributed by atoms with Gasteiger partial charge in [-0.25, -0.2) is 9.37 Å². The summed E-state index contributed by atoms with van der Waals surface area (Å²) in [6, 6.07) is 3.64. The molecule has 18 heavy (non-hydrogen) atoms. The fraction of sp³-hybridized carbons (Fsp3) is 0.182. The first-order valence-electron chi connectivity index (χ1n) is 5.24. The number of benzene rings is 1. The Balaban J connectivity index is 1.91. The summed E-state index contributed by atoms with van der Waals surface area (Å²) in [6.45, 7) is 0.391. The van der Waals surface area contributed by atoms with E-state index in [1.165, 1.54) is 18.5 Å². The highest BCUT2D eigenvalue weighted by molar-refractivity contribution is 6.33. The van der Waals surface area contributed by atoms with E-state index >= 15 is 0 Å². The zero-order valence-corrected chi connectivity index (χ0v) is 10.0. The summed E-state index contributed by atoms with van der Waals surface area (Å²) in [6.07, 6.45) is 1.93. The number of aromatic amines is 1. The van der Waals surface area contributed by atoms with Gasteiger partial charge in [-0.2, -0.15) is 5.10 Å². The molecule has 1 heterocycles. The zero-order chi connectivity index (χ0) is 13.0. The normalized spacial score (nSPS) is 10.3. The quantitative estimate of drug-likeness (QED) is 0.884. The Morgan fingerprint density at radius 2 is 2.33 bits per heavy atom. The molecule has 0 aliphatic rings. The predicted molar refractivity (Wildman–Crippen MR) is 63.8 cm³/mol. The van der Waals surface area contributed by atoms with E-state index in [4.69, 9.17) is 11.6 Å². The van der Waals surface area contributed by atoms with Crippen LogP contribution >= 0.6 is 11.6 Å². The minimum atomic E-state index is -0.474. The lowest BCUT2D eigenvalue weighted by Crippen LogP contribution is -2.26. The third kappa shape index (κ3) is 3.04.